The summed E-state index contributed by atoms with van der Waals surface area (Å²) < 4.78 is 23.4. The van der Waals surface area contributed by atoms with Crippen molar-refractivity contribution >= 4 is 11.4 Å². The van der Waals surface area contributed by atoms with Crippen LogP contribution >= 0.6 is 0 Å². The van der Waals surface area contributed by atoms with Crippen LogP contribution in [0.2, 0.25) is 0 Å². The van der Waals surface area contributed by atoms with E-state index in [-0.39, 0.29) is 18.0 Å². The van der Waals surface area contributed by atoms with Crippen LogP contribution in [0, 0.1) is 20.2 Å². The number of benzene rings is 2. The number of aliphatic hydroxyl groups is 2. The van der Waals surface area contributed by atoms with Crippen LogP contribution in [0.15, 0.2) is 48.5 Å². The first kappa shape index (κ1) is 22.2. The molecule has 32 heavy (non-hydrogen) atoms. The zero-order valence-electron chi connectivity index (χ0n) is 16.6. The van der Waals surface area contributed by atoms with E-state index in [1.807, 2.05) is 0 Å². The van der Waals surface area contributed by atoms with E-state index in [1.165, 1.54) is 36.4 Å². The molecule has 0 amide bonds. The molecule has 170 valence electrons. The first-order valence-corrected chi connectivity index (χ1v) is 9.73. The third-order valence-electron chi connectivity index (χ3n) is 5.23. The highest BCUT2D eigenvalue weighted by Crippen LogP contribution is 2.40. The molecule has 12 nitrogen and oxygen atoms in total. The molecular formula is C20H20N2O10. The maximum Gasteiger partial charge on any atom is 0.269 e. The van der Waals surface area contributed by atoms with Gasteiger partial charge in [-0.3, -0.25) is 20.2 Å². The number of nitro benzene ring substituents is 2. The molecule has 2 aromatic carbocycles. The van der Waals surface area contributed by atoms with Crippen molar-refractivity contribution in [1.29, 1.82) is 0 Å². The summed E-state index contributed by atoms with van der Waals surface area (Å²) in [6.07, 6.45) is -6.10. The highest BCUT2D eigenvalue weighted by Gasteiger charge is 2.48. The second-order valence-electron chi connectivity index (χ2n) is 7.33. The predicted octanol–water partition coefficient (Wildman–Crippen LogP) is 1.75. The number of fused-ring (bicyclic) bond motifs is 1. The molecule has 2 aliphatic heterocycles. The molecule has 0 aromatic heterocycles. The van der Waals surface area contributed by atoms with Gasteiger partial charge < -0.3 is 29.2 Å². The Morgan fingerprint density at radius 2 is 1.53 bits per heavy atom. The Kier molecular flexibility index (Phi) is 6.41. The topological polar surface area (TPSA) is 164 Å². The second-order valence-corrected chi connectivity index (χ2v) is 7.33. The van der Waals surface area contributed by atoms with Crippen LogP contribution < -0.4 is 0 Å². The average Bonchev–Trinajstić information content (AvgIpc) is 3.14. The normalized spacial score (nSPS) is 28.5. The molecule has 2 N–H and O–H groups in total. The molecule has 0 spiro atoms. The highest BCUT2D eigenvalue weighted by atomic mass is 16.8. The number of nitro groups is 2. The molecule has 6 atom stereocenters. The van der Waals surface area contributed by atoms with Gasteiger partial charge in [0, 0.05) is 35.4 Å². The van der Waals surface area contributed by atoms with E-state index in [9.17, 15) is 30.4 Å². The zero-order chi connectivity index (χ0) is 22.8. The minimum absolute atomic E-state index is 0.0436. The number of hydrogen-bond acceptors (Lipinski definition) is 10. The van der Waals surface area contributed by atoms with Gasteiger partial charge in [-0.2, -0.15) is 0 Å². The third kappa shape index (κ3) is 4.46. The molecule has 0 bridgehead atoms. The maximum absolute atomic E-state index is 11.1. The average molecular weight is 448 g/mol. The van der Waals surface area contributed by atoms with Gasteiger partial charge in [0.15, 0.2) is 12.6 Å². The maximum atomic E-state index is 11.1. The standard InChI is InChI=1S/C20H20N2O10/c23-9-15(24)17-18-16(30-20(32-18)12-4-2-6-14(8-12)22(27)28)10-29-19(31-17)11-3-1-5-13(7-11)21(25)26/h1-8,15-20,23-24H,9-10H2/t15-,16+,17-,18-,19?,20?/m0/s1. The van der Waals surface area contributed by atoms with Gasteiger partial charge in [0.25, 0.3) is 11.4 Å². The fourth-order valence-electron chi connectivity index (χ4n) is 3.68. The molecule has 4 rings (SSSR count). The lowest BCUT2D eigenvalue weighted by atomic mass is 10.0. The zero-order valence-corrected chi connectivity index (χ0v) is 16.6. The van der Waals surface area contributed by atoms with Gasteiger partial charge in [-0.25, -0.2) is 0 Å². The summed E-state index contributed by atoms with van der Waals surface area (Å²) in [5.41, 5.74) is 0.466. The Labute approximate surface area is 181 Å². The predicted molar refractivity (Wildman–Crippen MR) is 105 cm³/mol. The fourth-order valence-corrected chi connectivity index (χ4v) is 3.68. The molecule has 12 heteroatoms. The summed E-state index contributed by atoms with van der Waals surface area (Å²) in [6, 6.07) is 11.4. The number of aliphatic hydroxyl groups excluding tert-OH is 2. The fraction of sp³-hybridized carbons (Fsp3) is 0.400. The number of hydrogen-bond donors (Lipinski definition) is 2. The number of rotatable bonds is 6. The van der Waals surface area contributed by atoms with Gasteiger partial charge in [-0.1, -0.05) is 24.3 Å². The highest BCUT2D eigenvalue weighted by molar-refractivity contribution is 5.36. The van der Waals surface area contributed by atoms with Crippen molar-refractivity contribution in [2.24, 2.45) is 0 Å². The Bertz CT molecular complexity index is 1000. The number of non-ortho nitro benzene ring substituents is 2. The molecule has 2 aliphatic rings. The summed E-state index contributed by atoms with van der Waals surface area (Å²) in [7, 11) is 0. The minimum Gasteiger partial charge on any atom is -0.394 e. The minimum atomic E-state index is -1.36. The Hall–Kier alpha value is -3.00. The van der Waals surface area contributed by atoms with Crippen molar-refractivity contribution in [2.45, 2.75) is 37.0 Å². The molecule has 2 heterocycles. The van der Waals surface area contributed by atoms with Gasteiger partial charge in [0.2, 0.25) is 0 Å². The quantitative estimate of drug-likeness (QED) is 0.491. The first-order valence-electron chi connectivity index (χ1n) is 9.73. The number of ether oxygens (including phenoxy) is 4. The third-order valence-corrected chi connectivity index (χ3v) is 5.23. The van der Waals surface area contributed by atoms with Crippen LogP contribution in [0.5, 0.6) is 0 Å². The molecule has 2 unspecified atom stereocenters. The lowest BCUT2D eigenvalue weighted by Crippen LogP contribution is -2.45. The van der Waals surface area contributed by atoms with Crippen molar-refractivity contribution < 1.29 is 39.0 Å². The van der Waals surface area contributed by atoms with Gasteiger partial charge in [-0.15, -0.1) is 0 Å². The largest absolute Gasteiger partial charge is 0.394 e. The molecule has 2 fully saturated rings. The van der Waals surface area contributed by atoms with Crippen molar-refractivity contribution in [2.75, 3.05) is 13.2 Å². The van der Waals surface area contributed by atoms with Crippen molar-refractivity contribution in [3.63, 3.8) is 0 Å². The summed E-state index contributed by atoms with van der Waals surface area (Å²) in [6.45, 7) is -0.682. The van der Waals surface area contributed by atoms with Crippen LogP contribution in [0.25, 0.3) is 0 Å². The van der Waals surface area contributed by atoms with Gasteiger partial charge in [0.1, 0.15) is 24.4 Å². The molecule has 0 radical (unpaired) electrons. The van der Waals surface area contributed by atoms with Gasteiger partial charge in [0.05, 0.1) is 23.1 Å². The smallest absolute Gasteiger partial charge is 0.269 e. The summed E-state index contributed by atoms with van der Waals surface area (Å²) in [5, 5.41) is 42.0. The lowest BCUT2D eigenvalue weighted by molar-refractivity contribution is -0.385. The summed E-state index contributed by atoms with van der Waals surface area (Å²) in [4.78, 5) is 21.1. The summed E-state index contributed by atoms with van der Waals surface area (Å²) >= 11 is 0. The van der Waals surface area contributed by atoms with E-state index >= 15 is 0 Å². The number of nitrogens with zero attached hydrogens (tertiary/aromatic N) is 2. The van der Waals surface area contributed by atoms with E-state index in [0.29, 0.717) is 11.1 Å². The van der Waals surface area contributed by atoms with E-state index in [1.54, 1.807) is 12.1 Å². The molecule has 0 saturated carbocycles. The van der Waals surface area contributed by atoms with Crippen LogP contribution in [0.1, 0.15) is 23.7 Å². The Morgan fingerprint density at radius 3 is 2.09 bits per heavy atom. The van der Waals surface area contributed by atoms with Crippen LogP contribution in [-0.2, 0) is 18.9 Å². The van der Waals surface area contributed by atoms with E-state index < -0.39 is 53.4 Å². The van der Waals surface area contributed by atoms with E-state index in [2.05, 4.69) is 0 Å². The van der Waals surface area contributed by atoms with Crippen molar-refractivity contribution in [1.82, 2.24) is 0 Å². The van der Waals surface area contributed by atoms with E-state index in [4.69, 9.17) is 18.9 Å². The van der Waals surface area contributed by atoms with Gasteiger partial charge in [-0.05, 0) is 0 Å². The van der Waals surface area contributed by atoms with Crippen molar-refractivity contribution in [3.05, 3.63) is 79.9 Å². The second kappa shape index (κ2) is 9.24. The summed E-state index contributed by atoms with van der Waals surface area (Å²) in [5.74, 6) is 0. The van der Waals surface area contributed by atoms with Crippen LogP contribution in [-0.4, -0.2) is 57.7 Å². The SMILES string of the molecule is O=[N+]([O-])c1cccc(C2OC[C@H]3OC(c4cccc([N+](=O)[O-])c4)O[C@@H]3[C@H]([C@@H](O)CO)O2)c1. The Balaban J connectivity index is 1.58. The molecule has 2 aromatic rings. The molecule has 0 aliphatic carbocycles. The Morgan fingerprint density at radius 1 is 0.938 bits per heavy atom. The van der Waals surface area contributed by atoms with Gasteiger partial charge >= 0.3 is 0 Å². The van der Waals surface area contributed by atoms with E-state index in [0.717, 1.165) is 0 Å². The van der Waals surface area contributed by atoms with Crippen LogP contribution in [0.3, 0.4) is 0 Å². The lowest BCUT2D eigenvalue weighted by Gasteiger charge is -2.28. The first-order chi connectivity index (χ1) is 15.4. The van der Waals surface area contributed by atoms with Crippen LogP contribution in [0.4, 0.5) is 11.4 Å². The molecular weight excluding hydrogens is 428 g/mol. The monoisotopic (exact) mass is 448 g/mol. The molecule has 2 saturated heterocycles. The van der Waals surface area contributed by atoms with Crippen molar-refractivity contribution in [3.8, 4) is 0 Å².